The lowest BCUT2D eigenvalue weighted by Crippen LogP contribution is -2.21. The number of para-hydroxylation sites is 2. The summed E-state index contributed by atoms with van der Waals surface area (Å²) in [5.41, 5.74) is 2.68. The van der Waals surface area contributed by atoms with E-state index in [1.165, 1.54) is 0 Å². The van der Waals surface area contributed by atoms with Crippen LogP contribution in [0.4, 0.5) is 5.69 Å². The predicted octanol–water partition coefficient (Wildman–Crippen LogP) is 5.08. The molecule has 1 N–H and O–H groups in total. The Morgan fingerprint density at radius 2 is 1.94 bits per heavy atom. The fourth-order valence-corrected chi connectivity index (χ4v) is 3.83. The highest BCUT2D eigenvalue weighted by molar-refractivity contribution is 6.05. The van der Waals surface area contributed by atoms with E-state index in [4.69, 9.17) is 18.9 Å². The van der Waals surface area contributed by atoms with Crippen LogP contribution in [0.5, 0.6) is 5.75 Å². The molecule has 0 bridgehead atoms. The van der Waals surface area contributed by atoms with Crippen molar-refractivity contribution in [1.82, 2.24) is 14.8 Å². The number of pyridine rings is 1. The molecular formula is C26H28N4O5. The number of benzene rings is 1. The fourth-order valence-electron chi connectivity index (χ4n) is 3.83. The minimum atomic E-state index is -0.645. The van der Waals surface area contributed by atoms with Crippen molar-refractivity contribution in [2.24, 2.45) is 0 Å². The molecule has 1 amide bonds. The second-order valence-electron chi connectivity index (χ2n) is 8.36. The van der Waals surface area contributed by atoms with E-state index < -0.39 is 18.5 Å². The Bertz CT molecular complexity index is 1390. The zero-order valence-corrected chi connectivity index (χ0v) is 20.4. The lowest BCUT2D eigenvalue weighted by Gasteiger charge is -2.12. The summed E-state index contributed by atoms with van der Waals surface area (Å²) in [6.45, 7) is 9.52. The van der Waals surface area contributed by atoms with E-state index in [-0.39, 0.29) is 11.6 Å². The van der Waals surface area contributed by atoms with Crippen LogP contribution in [0, 0.1) is 13.8 Å². The third-order valence-corrected chi connectivity index (χ3v) is 5.39. The van der Waals surface area contributed by atoms with Gasteiger partial charge in [0.05, 0.1) is 35.1 Å². The molecule has 0 saturated heterocycles. The van der Waals surface area contributed by atoms with E-state index in [9.17, 15) is 9.59 Å². The quantitative estimate of drug-likeness (QED) is 0.353. The molecule has 9 nitrogen and oxygen atoms in total. The van der Waals surface area contributed by atoms with Gasteiger partial charge in [0.1, 0.15) is 17.3 Å². The number of carbonyl (C=O) groups is 2. The van der Waals surface area contributed by atoms with E-state index in [1.807, 2.05) is 46.8 Å². The zero-order chi connectivity index (χ0) is 25.1. The second kappa shape index (κ2) is 10.0. The minimum absolute atomic E-state index is 0.0301. The molecule has 9 heteroatoms. The van der Waals surface area contributed by atoms with Crippen LogP contribution in [0.3, 0.4) is 0 Å². The Hall–Kier alpha value is -4.14. The van der Waals surface area contributed by atoms with Crippen LogP contribution in [0.15, 0.2) is 47.0 Å². The average Bonchev–Trinajstić information content (AvgIpc) is 3.40. The Labute approximate surface area is 203 Å². The van der Waals surface area contributed by atoms with Crippen molar-refractivity contribution in [3.63, 3.8) is 0 Å². The highest BCUT2D eigenvalue weighted by Crippen LogP contribution is 2.30. The minimum Gasteiger partial charge on any atom is -0.492 e. The average molecular weight is 477 g/mol. The SMILES string of the molecule is CCOc1ccccc1NC(=O)COC(=O)c1cc(-c2cc(C)oc2C)nc2c1cnn2C(C)C. The first-order chi connectivity index (χ1) is 16.8. The van der Waals surface area contributed by atoms with Crippen LogP contribution in [-0.2, 0) is 9.53 Å². The van der Waals surface area contributed by atoms with Crippen molar-refractivity contribution in [2.45, 2.75) is 40.7 Å². The molecule has 0 fully saturated rings. The topological polar surface area (TPSA) is 108 Å². The van der Waals surface area contributed by atoms with Gasteiger partial charge < -0.3 is 19.2 Å². The molecule has 3 aromatic heterocycles. The standard InChI is InChI=1S/C26H28N4O5/c1-6-33-23-10-8-7-9-21(23)28-24(31)14-34-26(32)19-12-22(18-11-16(4)35-17(18)5)29-25-20(19)13-27-30(25)15(2)3/h7-13,15H,6,14H2,1-5H3,(H,28,31). The molecule has 0 spiro atoms. The summed E-state index contributed by atoms with van der Waals surface area (Å²) in [4.78, 5) is 30.4. The molecule has 0 aliphatic carbocycles. The first kappa shape index (κ1) is 24.0. The van der Waals surface area contributed by atoms with Crippen molar-refractivity contribution < 1.29 is 23.5 Å². The maximum atomic E-state index is 13.1. The van der Waals surface area contributed by atoms with Gasteiger partial charge in [-0.05, 0) is 58.9 Å². The molecule has 0 saturated carbocycles. The number of nitrogens with one attached hydrogen (secondary N) is 1. The number of anilines is 1. The van der Waals surface area contributed by atoms with E-state index in [1.54, 1.807) is 35.1 Å². The zero-order valence-electron chi connectivity index (χ0n) is 20.4. The number of furan rings is 1. The molecule has 182 valence electrons. The Balaban J connectivity index is 1.60. The van der Waals surface area contributed by atoms with Gasteiger partial charge >= 0.3 is 5.97 Å². The number of fused-ring (bicyclic) bond motifs is 1. The van der Waals surface area contributed by atoms with Crippen LogP contribution in [0.25, 0.3) is 22.3 Å². The van der Waals surface area contributed by atoms with Crippen molar-refractivity contribution in [3.8, 4) is 17.0 Å². The Morgan fingerprint density at radius 1 is 1.17 bits per heavy atom. The smallest absolute Gasteiger partial charge is 0.339 e. The number of amides is 1. The van der Waals surface area contributed by atoms with Gasteiger partial charge in [0.25, 0.3) is 5.91 Å². The molecule has 0 atom stereocenters. The van der Waals surface area contributed by atoms with Crippen LogP contribution in [0.1, 0.15) is 48.7 Å². The monoisotopic (exact) mass is 476 g/mol. The van der Waals surface area contributed by atoms with Crippen LogP contribution < -0.4 is 10.1 Å². The van der Waals surface area contributed by atoms with Gasteiger partial charge in [0.2, 0.25) is 0 Å². The highest BCUT2D eigenvalue weighted by atomic mass is 16.5. The van der Waals surface area contributed by atoms with Crippen LogP contribution in [-0.4, -0.2) is 39.9 Å². The summed E-state index contributed by atoms with van der Waals surface area (Å²) >= 11 is 0. The molecule has 0 radical (unpaired) electrons. The number of ether oxygens (including phenoxy) is 2. The van der Waals surface area contributed by atoms with E-state index in [0.29, 0.717) is 40.5 Å². The molecule has 0 aliphatic heterocycles. The van der Waals surface area contributed by atoms with Crippen molar-refractivity contribution in [1.29, 1.82) is 0 Å². The molecule has 1 aromatic carbocycles. The number of carbonyl (C=O) groups excluding carboxylic acids is 2. The summed E-state index contributed by atoms with van der Waals surface area (Å²) in [7, 11) is 0. The van der Waals surface area contributed by atoms with Gasteiger partial charge in [0, 0.05) is 11.6 Å². The lowest BCUT2D eigenvalue weighted by atomic mass is 10.1. The maximum absolute atomic E-state index is 13.1. The molecule has 4 rings (SSSR count). The first-order valence-corrected chi connectivity index (χ1v) is 11.4. The first-order valence-electron chi connectivity index (χ1n) is 11.4. The van der Waals surface area contributed by atoms with Crippen molar-refractivity contribution in [3.05, 3.63) is 59.7 Å². The van der Waals surface area contributed by atoms with E-state index in [2.05, 4.69) is 10.4 Å². The van der Waals surface area contributed by atoms with Crippen LogP contribution in [0.2, 0.25) is 0 Å². The van der Waals surface area contributed by atoms with E-state index in [0.717, 1.165) is 11.3 Å². The normalized spacial score (nSPS) is 11.1. The van der Waals surface area contributed by atoms with Crippen molar-refractivity contribution in [2.75, 3.05) is 18.5 Å². The molecule has 3 heterocycles. The molecule has 4 aromatic rings. The largest absolute Gasteiger partial charge is 0.492 e. The predicted molar refractivity (Wildman–Crippen MR) is 132 cm³/mol. The van der Waals surface area contributed by atoms with Gasteiger partial charge in [0.15, 0.2) is 12.3 Å². The lowest BCUT2D eigenvalue weighted by molar-refractivity contribution is -0.119. The molecule has 0 aliphatic rings. The van der Waals surface area contributed by atoms with Gasteiger partial charge in [-0.1, -0.05) is 12.1 Å². The Morgan fingerprint density at radius 3 is 2.63 bits per heavy atom. The number of hydrogen-bond donors (Lipinski definition) is 1. The summed E-state index contributed by atoms with van der Waals surface area (Å²) in [5.74, 6) is 0.854. The number of aryl methyl sites for hydroxylation is 2. The molecule has 35 heavy (non-hydrogen) atoms. The van der Waals surface area contributed by atoms with Gasteiger partial charge in [-0.3, -0.25) is 4.79 Å². The van der Waals surface area contributed by atoms with Gasteiger partial charge in [-0.2, -0.15) is 5.10 Å². The summed E-state index contributed by atoms with van der Waals surface area (Å²) in [5, 5.41) is 7.68. The number of esters is 1. The number of nitrogens with zero attached hydrogens (tertiary/aromatic N) is 3. The Kier molecular flexibility index (Phi) is 6.86. The number of aromatic nitrogens is 3. The summed E-state index contributed by atoms with van der Waals surface area (Å²) in [6, 6.07) is 10.6. The summed E-state index contributed by atoms with van der Waals surface area (Å²) in [6.07, 6.45) is 1.59. The van der Waals surface area contributed by atoms with Gasteiger partial charge in [-0.25, -0.2) is 14.5 Å². The van der Waals surface area contributed by atoms with Gasteiger partial charge in [-0.15, -0.1) is 0 Å². The maximum Gasteiger partial charge on any atom is 0.339 e. The third kappa shape index (κ3) is 5.03. The number of rotatable bonds is 8. The number of hydrogen-bond acceptors (Lipinski definition) is 7. The fraction of sp³-hybridized carbons (Fsp3) is 0.308. The second-order valence-corrected chi connectivity index (χ2v) is 8.36. The third-order valence-electron chi connectivity index (χ3n) is 5.39. The summed E-state index contributed by atoms with van der Waals surface area (Å²) < 4.78 is 18.3. The van der Waals surface area contributed by atoms with Crippen molar-refractivity contribution >= 4 is 28.6 Å². The van der Waals surface area contributed by atoms with Crippen LogP contribution >= 0.6 is 0 Å². The molecule has 0 unspecified atom stereocenters. The highest BCUT2D eigenvalue weighted by Gasteiger charge is 2.22. The molecular weight excluding hydrogens is 448 g/mol. The van der Waals surface area contributed by atoms with E-state index >= 15 is 0 Å².